The van der Waals surface area contributed by atoms with Crippen molar-refractivity contribution >= 4 is 45.7 Å². The molecule has 0 bridgehead atoms. The van der Waals surface area contributed by atoms with Crippen LogP contribution in [0.2, 0.25) is 0 Å². The number of hydrogen-bond acceptors (Lipinski definition) is 9. The van der Waals surface area contributed by atoms with E-state index < -0.39 is 23.0 Å². The Morgan fingerprint density at radius 1 is 1.07 bits per heavy atom. The number of carbonyl (C=O) groups excluding carboxylic acids is 2. The SMILES string of the molecule is O=C1NC(=O)/C(=C\c2ccnc(N3CCC(CNCc4cc(-c5cccc6cnccc56)nc(C(F)(F)F)c4)CC3)n2)S1. The standard InChI is InChI=1S/C30H26F3N7O2S/c31-30(32,33)26-13-19(12-24(38-26)23-3-1-2-20-17-34-8-5-22(20)23)16-35-15-18-6-10-40(11-7-18)28-36-9-4-21(37-28)14-25-27(41)39-29(42)43-25/h1-5,8-9,12-14,17-18,35H,6-7,10-11,15-16H2,(H,39,41,42)/b25-14+. The molecule has 43 heavy (non-hydrogen) atoms. The van der Waals surface area contributed by atoms with Crippen LogP contribution >= 0.6 is 11.8 Å². The number of aromatic nitrogens is 4. The normalized spacial score (nSPS) is 17.2. The second kappa shape index (κ2) is 12.1. The zero-order chi connectivity index (χ0) is 30.0. The summed E-state index contributed by atoms with van der Waals surface area (Å²) < 4.78 is 41.3. The van der Waals surface area contributed by atoms with Crippen LogP contribution in [0.25, 0.3) is 28.1 Å². The second-order valence-corrected chi connectivity index (χ2v) is 11.4. The minimum atomic E-state index is -4.57. The van der Waals surface area contributed by atoms with Crippen molar-refractivity contribution in [1.82, 2.24) is 30.6 Å². The first-order valence-corrected chi connectivity index (χ1v) is 14.5. The van der Waals surface area contributed by atoms with Crippen LogP contribution in [0.5, 0.6) is 0 Å². The molecule has 5 heterocycles. The summed E-state index contributed by atoms with van der Waals surface area (Å²) in [6, 6.07) is 11.7. The van der Waals surface area contributed by atoms with Crippen LogP contribution < -0.4 is 15.5 Å². The summed E-state index contributed by atoms with van der Waals surface area (Å²) in [5, 5.41) is 6.78. The van der Waals surface area contributed by atoms with Crippen LogP contribution in [0.4, 0.5) is 23.9 Å². The van der Waals surface area contributed by atoms with Gasteiger partial charge in [-0.2, -0.15) is 13.2 Å². The van der Waals surface area contributed by atoms with Crippen LogP contribution in [-0.2, 0) is 17.5 Å². The summed E-state index contributed by atoms with van der Waals surface area (Å²) in [6.45, 7) is 2.36. The van der Waals surface area contributed by atoms with Crippen LogP contribution in [0.3, 0.4) is 0 Å². The highest BCUT2D eigenvalue weighted by Gasteiger charge is 2.33. The number of benzene rings is 1. The molecule has 13 heteroatoms. The largest absolute Gasteiger partial charge is 0.433 e. The molecule has 2 fully saturated rings. The first kappa shape index (κ1) is 28.7. The van der Waals surface area contributed by atoms with Gasteiger partial charge in [-0.3, -0.25) is 19.9 Å². The molecular weight excluding hydrogens is 579 g/mol. The molecule has 2 amide bonds. The summed E-state index contributed by atoms with van der Waals surface area (Å²) >= 11 is 0.837. The molecule has 0 unspecified atom stereocenters. The lowest BCUT2D eigenvalue weighted by molar-refractivity contribution is -0.141. The van der Waals surface area contributed by atoms with Crippen LogP contribution in [0.15, 0.2) is 66.0 Å². The average Bonchev–Trinajstić information content (AvgIpc) is 3.32. The number of piperidine rings is 1. The van der Waals surface area contributed by atoms with Crippen molar-refractivity contribution in [3.05, 3.63) is 82.9 Å². The summed E-state index contributed by atoms with van der Waals surface area (Å²) in [4.78, 5) is 42.6. The molecule has 6 rings (SSSR count). The molecule has 0 spiro atoms. The smallest absolute Gasteiger partial charge is 0.341 e. The van der Waals surface area contributed by atoms with Gasteiger partial charge < -0.3 is 10.2 Å². The first-order chi connectivity index (χ1) is 20.7. The number of thioether (sulfide) groups is 1. The molecule has 0 saturated carbocycles. The van der Waals surface area contributed by atoms with Gasteiger partial charge in [0.1, 0.15) is 5.69 Å². The number of halogens is 3. The topological polar surface area (TPSA) is 113 Å². The number of nitrogens with one attached hydrogen (secondary N) is 2. The fraction of sp³-hybridized carbons (Fsp3) is 0.267. The van der Waals surface area contributed by atoms with Gasteiger partial charge in [-0.15, -0.1) is 0 Å². The zero-order valence-corrected chi connectivity index (χ0v) is 23.6. The number of amides is 2. The van der Waals surface area contributed by atoms with E-state index in [4.69, 9.17) is 0 Å². The van der Waals surface area contributed by atoms with Crippen molar-refractivity contribution in [2.24, 2.45) is 5.92 Å². The number of alkyl halides is 3. The number of hydrogen-bond donors (Lipinski definition) is 2. The quantitative estimate of drug-likeness (QED) is 0.266. The van der Waals surface area contributed by atoms with Gasteiger partial charge in [0.2, 0.25) is 5.95 Å². The van der Waals surface area contributed by atoms with Crippen molar-refractivity contribution in [2.45, 2.75) is 25.6 Å². The van der Waals surface area contributed by atoms with Crippen molar-refractivity contribution in [3.8, 4) is 11.3 Å². The molecule has 2 saturated heterocycles. The monoisotopic (exact) mass is 605 g/mol. The minimum Gasteiger partial charge on any atom is -0.341 e. The molecule has 0 radical (unpaired) electrons. The Morgan fingerprint density at radius 2 is 1.91 bits per heavy atom. The number of pyridine rings is 2. The van der Waals surface area contributed by atoms with E-state index in [0.29, 0.717) is 48.3 Å². The van der Waals surface area contributed by atoms with Crippen LogP contribution in [0, 0.1) is 5.92 Å². The number of carbonyl (C=O) groups is 2. The summed E-state index contributed by atoms with van der Waals surface area (Å²) in [6.07, 6.45) is 3.63. The van der Waals surface area contributed by atoms with Crippen molar-refractivity contribution < 1.29 is 22.8 Å². The number of nitrogens with zero attached hydrogens (tertiary/aromatic N) is 5. The lowest BCUT2D eigenvalue weighted by Gasteiger charge is -2.32. The average molecular weight is 606 g/mol. The van der Waals surface area contributed by atoms with Gasteiger partial charge >= 0.3 is 6.18 Å². The number of rotatable bonds is 7. The van der Waals surface area contributed by atoms with E-state index in [2.05, 4.69) is 35.5 Å². The molecule has 2 aliphatic heterocycles. The molecule has 2 aliphatic rings. The highest BCUT2D eigenvalue weighted by Crippen LogP contribution is 2.33. The number of fused-ring (bicyclic) bond motifs is 1. The third-order valence-corrected chi connectivity index (χ3v) is 8.19. The Morgan fingerprint density at radius 3 is 2.67 bits per heavy atom. The Bertz CT molecular complexity index is 1720. The third-order valence-electron chi connectivity index (χ3n) is 7.38. The van der Waals surface area contributed by atoms with Gasteiger partial charge in [-0.25, -0.2) is 15.0 Å². The number of anilines is 1. The van der Waals surface area contributed by atoms with E-state index in [9.17, 15) is 22.8 Å². The first-order valence-electron chi connectivity index (χ1n) is 13.7. The van der Waals surface area contributed by atoms with E-state index in [1.807, 2.05) is 6.07 Å². The maximum atomic E-state index is 13.8. The van der Waals surface area contributed by atoms with Gasteiger partial charge in [0.05, 0.1) is 16.3 Å². The highest BCUT2D eigenvalue weighted by molar-refractivity contribution is 8.18. The van der Waals surface area contributed by atoms with Gasteiger partial charge in [-0.05, 0) is 78.4 Å². The predicted octanol–water partition coefficient (Wildman–Crippen LogP) is 5.44. The molecule has 1 aromatic carbocycles. The zero-order valence-electron chi connectivity index (χ0n) is 22.8. The van der Waals surface area contributed by atoms with Crippen molar-refractivity contribution in [2.75, 3.05) is 24.5 Å². The van der Waals surface area contributed by atoms with E-state index in [1.54, 1.807) is 55.0 Å². The fourth-order valence-corrected chi connectivity index (χ4v) is 5.89. The third kappa shape index (κ3) is 6.67. The Kier molecular flexibility index (Phi) is 8.08. The van der Waals surface area contributed by atoms with Gasteiger partial charge in [-0.1, -0.05) is 18.2 Å². The maximum absolute atomic E-state index is 13.8. The predicted molar refractivity (Wildman–Crippen MR) is 158 cm³/mol. The van der Waals surface area contributed by atoms with E-state index in [1.165, 1.54) is 0 Å². The van der Waals surface area contributed by atoms with E-state index in [0.717, 1.165) is 41.4 Å². The molecule has 0 aliphatic carbocycles. The van der Waals surface area contributed by atoms with Crippen molar-refractivity contribution in [1.29, 1.82) is 0 Å². The molecule has 0 atom stereocenters. The maximum Gasteiger partial charge on any atom is 0.433 e. The van der Waals surface area contributed by atoms with Gasteiger partial charge in [0.25, 0.3) is 11.1 Å². The van der Waals surface area contributed by atoms with Gasteiger partial charge in [0, 0.05) is 49.2 Å². The molecular formula is C30H26F3N7O2S. The number of imide groups is 1. The van der Waals surface area contributed by atoms with E-state index in [-0.39, 0.29) is 17.1 Å². The second-order valence-electron chi connectivity index (χ2n) is 10.3. The minimum absolute atomic E-state index is 0.272. The summed E-state index contributed by atoms with van der Waals surface area (Å²) in [5.41, 5.74) is 1.03. The molecule has 220 valence electrons. The Labute approximate surface area is 249 Å². The lowest BCUT2D eigenvalue weighted by Crippen LogP contribution is -2.38. The van der Waals surface area contributed by atoms with Crippen LogP contribution in [-0.4, -0.2) is 50.7 Å². The fourth-order valence-electron chi connectivity index (χ4n) is 5.23. The Balaban J connectivity index is 1.09. The molecule has 3 aromatic heterocycles. The lowest BCUT2D eigenvalue weighted by atomic mass is 9.97. The Hall–Kier alpha value is -4.36. The molecule has 2 N–H and O–H groups in total. The molecule has 4 aromatic rings. The molecule has 9 nitrogen and oxygen atoms in total. The van der Waals surface area contributed by atoms with Crippen molar-refractivity contribution in [3.63, 3.8) is 0 Å². The highest BCUT2D eigenvalue weighted by atomic mass is 32.2. The van der Waals surface area contributed by atoms with Crippen LogP contribution in [0.1, 0.15) is 29.8 Å². The summed E-state index contributed by atoms with van der Waals surface area (Å²) in [7, 11) is 0. The van der Waals surface area contributed by atoms with Gasteiger partial charge in [0.15, 0.2) is 0 Å². The summed E-state index contributed by atoms with van der Waals surface area (Å²) in [5.74, 6) is 0.441. The van der Waals surface area contributed by atoms with E-state index >= 15 is 0 Å².